The molecule has 2 aliphatic carbocycles. The van der Waals surface area contributed by atoms with Crippen LogP contribution in [-0.4, -0.2) is 51.6 Å². The Labute approximate surface area is 147 Å². The summed E-state index contributed by atoms with van der Waals surface area (Å²) in [5, 5.41) is 3.11. The number of hydrogen-bond donors (Lipinski definition) is 1. The van der Waals surface area contributed by atoms with Crippen LogP contribution in [0.1, 0.15) is 50.3 Å². The van der Waals surface area contributed by atoms with Gasteiger partial charge in [-0.3, -0.25) is 9.59 Å². The van der Waals surface area contributed by atoms with Crippen molar-refractivity contribution in [3.05, 3.63) is 18.2 Å². The van der Waals surface area contributed by atoms with Gasteiger partial charge >= 0.3 is 0 Å². The van der Waals surface area contributed by atoms with Crippen LogP contribution in [0.5, 0.6) is 0 Å². The summed E-state index contributed by atoms with van der Waals surface area (Å²) < 4.78 is 7.45. The van der Waals surface area contributed by atoms with Crippen molar-refractivity contribution in [2.45, 2.75) is 56.7 Å². The predicted molar refractivity (Wildman–Crippen MR) is 90.5 cm³/mol. The first-order chi connectivity index (χ1) is 12.1. The average molecular weight is 346 g/mol. The molecule has 7 nitrogen and oxygen atoms in total. The molecule has 2 heterocycles. The molecule has 0 spiro atoms. The summed E-state index contributed by atoms with van der Waals surface area (Å²) in [4.78, 5) is 31.1. The first-order valence-corrected chi connectivity index (χ1v) is 9.28. The summed E-state index contributed by atoms with van der Waals surface area (Å²) in [6.07, 6.45) is 9.22. The minimum absolute atomic E-state index is 0.0919. The molecule has 0 bridgehead atoms. The lowest BCUT2D eigenvalue weighted by Crippen LogP contribution is -2.54. The first kappa shape index (κ1) is 16.6. The van der Waals surface area contributed by atoms with Gasteiger partial charge in [-0.1, -0.05) is 0 Å². The van der Waals surface area contributed by atoms with Crippen LogP contribution in [-0.2, 0) is 21.4 Å². The van der Waals surface area contributed by atoms with Crippen LogP contribution in [0.4, 0.5) is 0 Å². The van der Waals surface area contributed by atoms with E-state index in [0.29, 0.717) is 31.4 Å². The number of nitrogens with one attached hydrogen (secondary N) is 1. The number of imidazole rings is 1. The normalized spacial score (nSPS) is 26.8. The number of amides is 2. The number of nitrogens with zero attached hydrogens (tertiary/aromatic N) is 3. The summed E-state index contributed by atoms with van der Waals surface area (Å²) in [5.74, 6) is 0.736. The Hall–Kier alpha value is -1.89. The van der Waals surface area contributed by atoms with E-state index in [1.165, 1.54) is 12.8 Å². The highest BCUT2D eigenvalue weighted by Crippen LogP contribution is 2.40. The van der Waals surface area contributed by atoms with E-state index in [2.05, 4.69) is 10.3 Å². The van der Waals surface area contributed by atoms with Gasteiger partial charge in [0, 0.05) is 19.5 Å². The molecular formula is C18H26N4O3. The van der Waals surface area contributed by atoms with E-state index in [9.17, 15) is 9.59 Å². The second-order valence-electron chi connectivity index (χ2n) is 7.58. The van der Waals surface area contributed by atoms with Gasteiger partial charge in [0.1, 0.15) is 6.61 Å². The molecule has 1 aromatic rings. The monoisotopic (exact) mass is 346 g/mol. The number of aromatic nitrogens is 2. The molecular weight excluding hydrogens is 320 g/mol. The van der Waals surface area contributed by atoms with Crippen LogP contribution in [0.25, 0.3) is 0 Å². The first-order valence-electron chi connectivity index (χ1n) is 9.28. The van der Waals surface area contributed by atoms with Crippen LogP contribution < -0.4 is 5.32 Å². The van der Waals surface area contributed by atoms with E-state index >= 15 is 0 Å². The van der Waals surface area contributed by atoms with E-state index in [1.54, 1.807) is 12.5 Å². The van der Waals surface area contributed by atoms with Crippen molar-refractivity contribution in [3.63, 3.8) is 0 Å². The number of carbonyl (C=O) groups excluding carboxylic acids is 2. The number of piperidine rings is 1. The van der Waals surface area contributed by atoms with Crippen molar-refractivity contribution < 1.29 is 14.3 Å². The number of ether oxygens (including phenoxy) is 1. The van der Waals surface area contributed by atoms with Gasteiger partial charge in [0.25, 0.3) is 0 Å². The van der Waals surface area contributed by atoms with Crippen molar-refractivity contribution in [2.75, 3.05) is 13.2 Å². The summed E-state index contributed by atoms with van der Waals surface area (Å²) in [6.45, 7) is 0.776. The van der Waals surface area contributed by atoms with E-state index in [0.717, 1.165) is 18.5 Å². The number of carbonyl (C=O) groups is 2. The summed E-state index contributed by atoms with van der Waals surface area (Å²) in [5.41, 5.74) is 0.976. The Morgan fingerprint density at radius 2 is 2.12 bits per heavy atom. The maximum atomic E-state index is 12.5. The van der Waals surface area contributed by atoms with Gasteiger partial charge in [0.05, 0.1) is 36.9 Å². The second kappa shape index (κ2) is 6.78. The van der Waals surface area contributed by atoms with Gasteiger partial charge in [-0.15, -0.1) is 0 Å². The van der Waals surface area contributed by atoms with Crippen LogP contribution in [0, 0.1) is 5.92 Å². The van der Waals surface area contributed by atoms with E-state index in [4.69, 9.17) is 4.74 Å². The van der Waals surface area contributed by atoms with E-state index < -0.39 is 0 Å². The topological polar surface area (TPSA) is 76.5 Å². The molecule has 1 saturated heterocycles. The molecule has 2 atom stereocenters. The van der Waals surface area contributed by atoms with Gasteiger partial charge in [0.15, 0.2) is 0 Å². The zero-order valence-corrected chi connectivity index (χ0v) is 14.7. The largest absolute Gasteiger partial charge is 0.371 e. The minimum Gasteiger partial charge on any atom is -0.371 e. The van der Waals surface area contributed by atoms with Crippen molar-refractivity contribution in [2.24, 2.45) is 13.0 Å². The molecule has 1 aliphatic heterocycles. The summed E-state index contributed by atoms with van der Waals surface area (Å²) >= 11 is 0. The fraction of sp³-hybridized carbons (Fsp3) is 0.722. The SMILES string of the molecule is Cn1cncc1[C@H]1[C@H](NC(=O)COCC2CC2)CCC(=O)N1C1CC1. The summed E-state index contributed by atoms with van der Waals surface area (Å²) in [7, 11) is 1.93. The van der Waals surface area contributed by atoms with Crippen molar-refractivity contribution >= 4 is 11.8 Å². The van der Waals surface area contributed by atoms with Crippen molar-refractivity contribution in [1.29, 1.82) is 0 Å². The van der Waals surface area contributed by atoms with Gasteiger partial charge in [-0.05, 0) is 38.0 Å². The smallest absolute Gasteiger partial charge is 0.246 e. The zero-order valence-electron chi connectivity index (χ0n) is 14.7. The Morgan fingerprint density at radius 3 is 2.76 bits per heavy atom. The molecule has 3 aliphatic rings. The number of likely N-dealkylation sites (tertiary alicyclic amines) is 1. The molecule has 136 valence electrons. The Morgan fingerprint density at radius 1 is 1.32 bits per heavy atom. The van der Waals surface area contributed by atoms with Crippen molar-refractivity contribution in [1.82, 2.24) is 19.8 Å². The van der Waals surface area contributed by atoms with Gasteiger partial charge in [0.2, 0.25) is 11.8 Å². The Balaban J connectivity index is 1.47. The lowest BCUT2D eigenvalue weighted by Gasteiger charge is -2.41. The quantitative estimate of drug-likeness (QED) is 0.804. The van der Waals surface area contributed by atoms with Crippen LogP contribution in [0.15, 0.2) is 12.5 Å². The molecule has 7 heteroatoms. The van der Waals surface area contributed by atoms with Gasteiger partial charge < -0.3 is 19.5 Å². The molecule has 0 unspecified atom stereocenters. The van der Waals surface area contributed by atoms with E-state index in [-0.39, 0.29) is 30.5 Å². The zero-order chi connectivity index (χ0) is 17.4. The lowest BCUT2D eigenvalue weighted by atomic mass is 9.92. The van der Waals surface area contributed by atoms with Crippen LogP contribution in [0.3, 0.4) is 0 Å². The highest BCUT2D eigenvalue weighted by molar-refractivity contribution is 5.80. The third-order valence-electron chi connectivity index (χ3n) is 5.37. The molecule has 2 amide bonds. The van der Waals surface area contributed by atoms with Crippen LogP contribution in [0.2, 0.25) is 0 Å². The average Bonchev–Trinajstić information content (AvgIpc) is 3.49. The molecule has 1 N–H and O–H groups in total. The molecule has 4 rings (SSSR count). The van der Waals surface area contributed by atoms with Crippen molar-refractivity contribution in [3.8, 4) is 0 Å². The van der Waals surface area contributed by atoms with Crippen LogP contribution >= 0.6 is 0 Å². The molecule has 0 radical (unpaired) electrons. The van der Waals surface area contributed by atoms with Gasteiger partial charge in [-0.2, -0.15) is 0 Å². The molecule has 0 aromatic carbocycles. The maximum Gasteiger partial charge on any atom is 0.246 e. The number of rotatable bonds is 7. The molecule has 25 heavy (non-hydrogen) atoms. The Bertz CT molecular complexity index is 651. The summed E-state index contributed by atoms with van der Waals surface area (Å²) in [6, 6.07) is 0.0672. The molecule has 3 fully saturated rings. The fourth-order valence-electron chi connectivity index (χ4n) is 3.70. The van der Waals surface area contributed by atoms with Gasteiger partial charge in [-0.25, -0.2) is 4.98 Å². The standard InChI is InChI=1S/C18H26N4O3/c1-21-11-19-8-15(21)18-14(6-7-17(24)22(18)13-4-5-13)20-16(23)10-25-9-12-2-3-12/h8,11-14,18H,2-7,9-10H2,1H3,(H,20,23)/t14-,18-/m1/s1. The number of aryl methyl sites for hydroxylation is 1. The third-order valence-corrected chi connectivity index (χ3v) is 5.37. The third kappa shape index (κ3) is 3.71. The second-order valence-corrected chi connectivity index (χ2v) is 7.58. The maximum absolute atomic E-state index is 12.5. The number of hydrogen-bond acceptors (Lipinski definition) is 4. The lowest BCUT2D eigenvalue weighted by molar-refractivity contribution is -0.141. The molecule has 1 aromatic heterocycles. The Kier molecular flexibility index (Phi) is 4.50. The fourth-order valence-corrected chi connectivity index (χ4v) is 3.70. The molecule has 2 saturated carbocycles. The highest BCUT2D eigenvalue weighted by Gasteiger charge is 2.45. The predicted octanol–water partition coefficient (Wildman–Crippen LogP) is 1.16. The van der Waals surface area contributed by atoms with E-state index in [1.807, 2.05) is 16.5 Å². The minimum atomic E-state index is -0.145. The highest BCUT2D eigenvalue weighted by atomic mass is 16.5.